The molecule has 3 aromatic carbocycles. The molecule has 8 nitrogen and oxygen atoms in total. The standard InChI is InChI=1S/C28H29N3O5S2/c1-2-36-25(32)19-31-24-16-13-20-9-5-6-10-23(20)26(24)37-28(31)29-27(33)21-11-14-22(15-12-21)38(34,35)30-17-7-3-4-8-18-30/h5-6,9-16H,2-4,7-8,17-19H2,1H3. The van der Waals surface area contributed by atoms with Gasteiger partial charge in [0, 0.05) is 24.0 Å². The van der Waals surface area contributed by atoms with Gasteiger partial charge in [0.2, 0.25) is 10.0 Å². The van der Waals surface area contributed by atoms with Gasteiger partial charge in [-0.2, -0.15) is 9.30 Å². The van der Waals surface area contributed by atoms with Gasteiger partial charge < -0.3 is 9.30 Å². The molecule has 0 atom stereocenters. The molecule has 0 unspecified atom stereocenters. The molecule has 0 bridgehead atoms. The molecule has 0 saturated carbocycles. The molecule has 2 heterocycles. The number of esters is 1. The molecule has 1 amide bonds. The molecule has 0 N–H and O–H groups in total. The molecular formula is C28H29N3O5S2. The number of rotatable bonds is 6. The quantitative estimate of drug-likeness (QED) is 0.323. The first-order valence-corrected chi connectivity index (χ1v) is 15.0. The summed E-state index contributed by atoms with van der Waals surface area (Å²) < 4.78 is 35.5. The Morgan fingerprint density at radius 3 is 2.37 bits per heavy atom. The SMILES string of the molecule is CCOC(=O)Cn1c(=NC(=O)c2ccc(S(=O)(=O)N3CCCCCC3)cc2)sc2c3ccccc3ccc21. The van der Waals surface area contributed by atoms with Crippen molar-refractivity contribution in [2.24, 2.45) is 4.99 Å². The Labute approximate surface area is 225 Å². The lowest BCUT2D eigenvalue weighted by atomic mass is 10.1. The molecule has 198 valence electrons. The monoisotopic (exact) mass is 551 g/mol. The van der Waals surface area contributed by atoms with E-state index in [1.807, 2.05) is 36.4 Å². The number of aromatic nitrogens is 1. The van der Waals surface area contributed by atoms with Gasteiger partial charge in [-0.25, -0.2) is 8.42 Å². The lowest BCUT2D eigenvalue weighted by Gasteiger charge is -2.19. The molecule has 0 aliphatic carbocycles. The first-order valence-electron chi connectivity index (χ1n) is 12.7. The number of carbonyl (C=O) groups is 2. The smallest absolute Gasteiger partial charge is 0.326 e. The van der Waals surface area contributed by atoms with Crippen molar-refractivity contribution in [1.29, 1.82) is 0 Å². The number of thiazole rings is 1. The van der Waals surface area contributed by atoms with Gasteiger partial charge in [0.05, 0.1) is 21.7 Å². The van der Waals surface area contributed by atoms with E-state index >= 15 is 0 Å². The average Bonchev–Trinajstić information content (AvgIpc) is 3.08. The van der Waals surface area contributed by atoms with Crippen molar-refractivity contribution in [3.63, 3.8) is 0 Å². The Balaban J connectivity index is 1.51. The summed E-state index contributed by atoms with van der Waals surface area (Å²) >= 11 is 1.33. The second kappa shape index (κ2) is 11.2. The molecular weight excluding hydrogens is 522 g/mol. The van der Waals surface area contributed by atoms with Gasteiger partial charge in [-0.05, 0) is 55.5 Å². The van der Waals surface area contributed by atoms with Crippen LogP contribution in [0.1, 0.15) is 43.0 Å². The summed E-state index contributed by atoms with van der Waals surface area (Å²) in [7, 11) is -3.61. The van der Waals surface area contributed by atoms with Crippen LogP contribution in [0.2, 0.25) is 0 Å². The van der Waals surface area contributed by atoms with Crippen LogP contribution in [0.15, 0.2) is 70.6 Å². The molecule has 1 aromatic heterocycles. The van der Waals surface area contributed by atoms with Crippen LogP contribution in [0.4, 0.5) is 0 Å². The van der Waals surface area contributed by atoms with E-state index in [1.165, 1.54) is 39.9 Å². The molecule has 4 aromatic rings. The van der Waals surface area contributed by atoms with E-state index in [2.05, 4.69) is 4.99 Å². The van der Waals surface area contributed by atoms with Gasteiger partial charge in [0.15, 0.2) is 4.80 Å². The van der Waals surface area contributed by atoms with Crippen molar-refractivity contribution in [2.75, 3.05) is 19.7 Å². The van der Waals surface area contributed by atoms with Crippen LogP contribution in [-0.4, -0.2) is 48.9 Å². The molecule has 5 rings (SSSR count). The maximum absolute atomic E-state index is 13.2. The average molecular weight is 552 g/mol. The van der Waals surface area contributed by atoms with Gasteiger partial charge in [0.25, 0.3) is 5.91 Å². The van der Waals surface area contributed by atoms with Crippen molar-refractivity contribution in [1.82, 2.24) is 8.87 Å². The van der Waals surface area contributed by atoms with Crippen molar-refractivity contribution in [2.45, 2.75) is 44.0 Å². The minimum Gasteiger partial charge on any atom is -0.465 e. The summed E-state index contributed by atoms with van der Waals surface area (Å²) in [5.41, 5.74) is 1.05. The number of benzene rings is 3. The van der Waals surface area contributed by atoms with Gasteiger partial charge in [-0.15, -0.1) is 0 Å². The predicted octanol–water partition coefficient (Wildman–Crippen LogP) is 4.72. The number of amides is 1. The highest BCUT2D eigenvalue weighted by Gasteiger charge is 2.25. The molecule has 10 heteroatoms. The number of ether oxygens (including phenoxy) is 1. The Morgan fingerprint density at radius 1 is 0.947 bits per heavy atom. The Kier molecular flexibility index (Phi) is 7.73. The summed E-state index contributed by atoms with van der Waals surface area (Å²) in [5.74, 6) is -0.936. The van der Waals surface area contributed by atoms with Gasteiger partial charge in [-0.1, -0.05) is 54.5 Å². The topological polar surface area (TPSA) is 98.0 Å². The number of hydrogen-bond donors (Lipinski definition) is 0. The lowest BCUT2D eigenvalue weighted by molar-refractivity contribution is -0.143. The van der Waals surface area contributed by atoms with Gasteiger partial charge in [-0.3, -0.25) is 9.59 Å². The highest BCUT2D eigenvalue weighted by Crippen LogP contribution is 2.28. The van der Waals surface area contributed by atoms with E-state index in [0.717, 1.165) is 46.7 Å². The zero-order valence-electron chi connectivity index (χ0n) is 21.1. The van der Waals surface area contributed by atoms with E-state index in [1.54, 1.807) is 11.5 Å². The molecule has 1 aliphatic rings. The van der Waals surface area contributed by atoms with E-state index in [9.17, 15) is 18.0 Å². The second-order valence-electron chi connectivity index (χ2n) is 9.17. The first kappa shape index (κ1) is 26.3. The molecule has 1 saturated heterocycles. The highest BCUT2D eigenvalue weighted by molar-refractivity contribution is 7.89. The summed E-state index contributed by atoms with van der Waals surface area (Å²) in [5, 5.41) is 2.05. The third kappa shape index (κ3) is 5.29. The van der Waals surface area contributed by atoms with E-state index in [0.29, 0.717) is 17.9 Å². The highest BCUT2D eigenvalue weighted by atomic mass is 32.2. The summed E-state index contributed by atoms with van der Waals surface area (Å²) in [6.45, 7) is 2.94. The van der Waals surface area contributed by atoms with Crippen molar-refractivity contribution in [3.05, 3.63) is 71.0 Å². The minimum atomic E-state index is -3.61. The summed E-state index contributed by atoms with van der Waals surface area (Å²) in [4.78, 5) is 30.5. The third-order valence-corrected chi connectivity index (χ3v) is 9.71. The van der Waals surface area contributed by atoms with E-state index in [4.69, 9.17) is 4.74 Å². The molecule has 1 fully saturated rings. The van der Waals surface area contributed by atoms with Gasteiger partial charge in [0.1, 0.15) is 6.54 Å². The number of hydrogen-bond acceptors (Lipinski definition) is 6. The van der Waals surface area contributed by atoms with E-state index < -0.39 is 21.9 Å². The van der Waals surface area contributed by atoms with E-state index in [-0.39, 0.29) is 23.6 Å². The maximum Gasteiger partial charge on any atom is 0.326 e. The Bertz CT molecular complexity index is 1660. The van der Waals surface area contributed by atoms with Gasteiger partial charge >= 0.3 is 5.97 Å². The summed E-state index contributed by atoms with van der Waals surface area (Å²) in [6.07, 6.45) is 3.77. The molecule has 0 radical (unpaired) electrons. The fraction of sp³-hybridized carbons (Fsp3) is 0.321. The molecule has 0 spiro atoms. The normalized spacial score (nSPS) is 15.6. The number of carbonyl (C=O) groups excluding carboxylic acids is 2. The van der Waals surface area contributed by atoms with Crippen LogP contribution in [0.25, 0.3) is 21.0 Å². The van der Waals surface area contributed by atoms with Crippen LogP contribution < -0.4 is 4.80 Å². The van der Waals surface area contributed by atoms with Crippen LogP contribution in [0.3, 0.4) is 0 Å². The maximum atomic E-state index is 13.2. The molecule has 38 heavy (non-hydrogen) atoms. The number of nitrogens with zero attached hydrogens (tertiary/aromatic N) is 3. The molecule has 1 aliphatic heterocycles. The van der Waals surface area contributed by atoms with Crippen molar-refractivity contribution < 1.29 is 22.7 Å². The zero-order valence-corrected chi connectivity index (χ0v) is 22.8. The van der Waals surface area contributed by atoms with Crippen LogP contribution >= 0.6 is 11.3 Å². The van der Waals surface area contributed by atoms with Crippen LogP contribution in [0, 0.1) is 0 Å². The summed E-state index contributed by atoms with van der Waals surface area (Å²) in [6, 6.07) is 17.7. The fourth-order valence-electron chi connectivity index (χ4n) is 4.72. The predicted molar refractivity (Wildman–Crippen MR) is 148 cm³/mol. The Hall–Kier alpha value is -3.34. The Morgan fingerprint density at radius 2 is 1.66 bits per heavy atom. The lowest BCUT2D eigenvalue weighted by Crippen LogP contribution is -2.31. The van der Waals surface area contributed by atoms with Crippen molar-refractivity contribution >= 4 is 54.2 Å². The van der Waals surface area contributed by atoms with Crippen molar-refractivity contribution in [3.8, 4) is 0 Å². The zero-order chi connectivity index (χ0) is 26.7. The fourth-order valence-corrected chi connectivity index (χ4v) is 7.40. The third-order valence-electron chi connectivity index (χ3n) is 6.67. The number of sulfonamides is 1. The number of fused-ring (bicyclic) bond motifs is 3. The van der Waals surface area contributed by atoms with Crippen LogP contribution in [0.5, 0.6) is 0 Å². The largest absolute Gasteiger partial charge is 0.465 e. The minimum absolute atomic E-state index is 0.0781. The second-order valence-corrected chi connectivity index (χ2v) is 12.1. The first-order chi connectivity index (χ1) is 18.4. The van der Waals surface area contributed by atoms with Crippen LogP contribution in [-0.2, 0) is 26.1 Å².